The number of unbranched alkanes of at least 4 members (excludes halogenated alkanes) is 5. The van der Waals surface area contributed by atoms with Crippen LogP contribution in [0.25, 0.3) is 0 Å². The lowest BCUT2D eigenvalue weighted by molar-refractivity contribution is 0.0566. The zero-order valence-corrected chi connectivity index (χ0v) is 20.6. The average Bonchev–Trinajstić information content (AvgIpc) is 2.67. The lowest BCUT2D eigenvalue weighted by atomic mass is 10.4. The van der Waals surface area contributed by atoms with Crippen LogP contribution in [0.4, 0.5) is 0 Å². The Labute approximate surface area is 171 Å². The molecule has 0 saturated heterocycles. The van der Waals surface area contributed by atoms with Gasteiger partial charge in [0.05, 0.1) is 0 Å². The van der Waals surface area contributed by atoms with Gasteiger partial charge in [0.15, 0.2) is 0 Å². The molecule has 0 aromatic rings. The van der Waals surface area contributed by atoms with Gasteiger partial charge in [-0.1, -0.05) is 66.7 Å². The molecule has 0 aromatic heterocycles. The third-order valence-corrected chi connectivity index (χ3v) is 10.9. The maximum absolute atomic E-state index is 6.38. The highest BCUT2D eigenvalue weighted by atomic mass is 29.3. The second kappa shape index (κ2) is 19.5. The van der Waals surface area contributed by atoms with Crippen LogP contribution in [0.1, 0.15) is 98.8 Å². The van der Waals surface area contributed by atoms with Crippen molar-refractivity contribution in [3.63, 3.8) is 0 Å². The van der Waals surface area contributed by atoms with Crippen molar-refractivity contribution in [2.45, 2.75) is 98.8 Å². The first kappa shape index (κ1) is 27.2. The third kappa shape index (κ3) is 13.1. The number of hydrogen-bond acceptors (Lipinski definition) is 5. The van der Waals surface area contributed by atoms with Crippen molar-refractivity contribution < 1.29 is 22.1 Å². The van der Waals surface area contributed by atoms with E-state index in [4.69, 9.17) is 22.1 Å². The van der Waals surface area contributed by atoms with Crippen LogP contribution < -0.4 is 0 Å². The Morgan fingerprint density at radius 1 is 0.481 bits per heavy atom. The Morgan fingerprint density at radius 3 is 1.07 bits per heavy atom. The third-order valence-electron chi connectivity index (χ3n) is 4.08. The first-order valence-corrected chi connectivity index (χ1v) is 15.3. The van der Waals surface area contributed by atoms with Gasteiger partial charge >= 0.3 is 17.1 Å². The summed E-state index contributed by atoms with van der Waals surface area (Å²) in [5, 5.41) is 0. The molecule has 163 valence electrons. The summed E-state index contributed by atoms with van der Waals surface area (Å²) in [6.45, 7) is 14.2. The summed E-state index contributed by atoms with van der Waals surface area (Å²) in [5.41, 5.74) is 0. The Morgan fingerprint density at radius 2 is 0.778 bits per heavy atom. The van der Waals surface area contributed by atoms with Gasteiger partial charge in [-0.2, -0.15) is 0 Å². The van der Waals surface area contributed by atoms with E-state index in [9.17, 15) is 0 Å². The van der Waals surface area contributed by atoms with E-state index in [1.807, 2.05) is 0 Å². The molecule has 0 amide bonds. The van der Waals surface area contributed by atoms with Gasteiger partial charge in [-0.15, -0.1) is 0 Å². The quantitative estimate of drug-likeness (QED) is 0.179. The fourth-order valence-electron chi connectivity index (χ4n) is 2.19. The molecule has 0 unspecified atom stereocenters. The molecular formula is C20H45O5Si2. The summed E-state index contributed by atoms with van der Waals surface area (Å²) >= 11 is 0. The summed E-state index contributed by atoms with van der Waals surface area (Å²) in [6, 6.07) is 0. The van der Waals surface area contributed by atoms with Crippen molar-refractivity contribution >= 4 is 17.1 Å². The summed E-state index contributed by atoms with van der Waals surface area (Å²) < 4.78 is 31.6. The predicted molar refractivity (Wildman–Crippen MR) is 116 cm³/mol. The molecular weight excluding hydrogens is 376 g/mol. The van der Waals surface area contributed by atoms with Gasteiger partial charge in [0.1, 0.15) is 0 Å². The van der Waals surface area contributed by atoms with E-state index in [2.05, 4.69) is 34.6 Å². The van der Waals surface area contributed by atoms with Crippen LogP contribution in [0.15, 0.2) is 0 Å². The summed E-state index contributed by atoms with van der Waals surface area (Å²) in [7, 11) is -4.74. The first-order valence-electron chi connectivity index (χ1n) is 11.2. The van der Waals surface area contributed by atoms with Crippen LogP contribution in [0.5, 0.6) is 0 Å². The molecule has 0 atom stereocenters. The molecule has 0 spiro atoms. The molecule has 0 saturated carbocycles. The van der Waals surface area contributed by atoms with Crippen molar-refractivity contribution in [1.82, 2.24) is 0 Å². The molecule has 1 radical (unpaired) electrons. The molecule has 0 aliphatic rings. The van der Waals surface area contributed by atoms with Crippen LogP contribution in [0, 0.1) is 0 Å². The fraction of sp³-hybridized carbons (Fsp3) is 1.00. The van der Waals surface area contributed by atoms with Gasteiger partial charge < -0.3 is 22.1 Å². The molecule has 0 heterocycles. The van der Waals surface area contributed by atoms with Crippen molar-refractivity contribution in [1.29, 1.82) is 0 Å². The monoisotopic (exact) mass is 421 g/mol. The molecule has 0 rings (SSSR count). The van der Waals surface area contributed by atoms with Crippen molar-refractivity contribution in [2.75, 3.05) is 33.0 Å². The smallest absolute Gasteiger partial charge is 0.391 e. The minimum Gasteiger partial charge on any atom is -0.391 e. The zero-order valence-electron chi connectivity index (χ0n) is 18.6. The lowest BCUT2D eigenvalue weighted by Gasteiger charge is -2.33. The normalized spacial score (nSPS) is 12.2. The average molecular weight is 422 g/mol. The summed E-state index contributed by atoms with van der Waals surface area (Å²) in [5.74, 6) is 0. The Balaban J connectivity index is 5.31. The Hall–Kier alpha value is 0.234. The van der Waals surface area contributed by atoms with E-state index in [1.165, 1.54) is 0 Å². The Kier molecular flexibility index (Phi) is 19.7. The molecule has 0 N–H and O–H groups in total. The van der Waals surface area contributed by atoms with E-state index in [0.29, 0.717) is 33.0 Å². The second-order valence-corrected chi connectivity index (χ2v) is 13.0. The lowest BCUT2D eigenvalue weighted by Crippen LogP contribution is -2.62. The predicted octanol–water partition coefficient (Wildman–Crippen LogP) is 5.58. The van der Waals surface area contributed by atoms with Gasteiger partial charge in [0.25, 0.3) is 0 Å². The van der Waals surface area contributed by atoms with Gasteiger partial charge in [0, 0.05) is 33.0 Å². The van der Waals surface area contributed by atoms with Crippen LogP contribution >= 0.6 is 0 Å². The van der Waals surface area contributed by atoms with Gasteiger partial charge in [-0.05, 0) is 32.1 Å². The molecule has 0 aromatic carbocycles. The molecule has 7 heteroatoms. The maximum atomic E-state index is 6.38. The minimum atomic E-state index is -2.98. The van der Waals surface area contributed by atoms with Crippen LogP contribution in [-0.4, -0.2) is 50.2 Å². The van der Waals surface area contributed by atoms with Crippen LogP contribution in [-0.2, 0) is 22.1 Å². The van der Waals surface area contributed by atoms with Crippen molar-refractivity contribution in [2.24, 2.45) is 0 Å². The number of rotatable bonds is 21. The SMILES string of the molecule is CCCCO[Si](OCCCC)[Si](OCCCC)(OCCCC)OCCCC. The summed E-state index contributed by atoms with van der Waals surface area (Å²) in [4.78, 5) is 0. The fourth-order valence-corrected chi connectivity index (χ4v) is 8.78. The second-order valence-electron chi connectivity index (χ2n) is 6.85. The summed E-state index contributed by atoms with van der Waals surface area (Å²) in [6.07, 6.45) is 10.5. The Bertz CT molecular complexity index is 272. The molecule has 0 fully saturated rings. The van der Waals surface area contributed by atoms with Gasteiger partial charge in [-0.3, -0.25) is 0 Å². The maximum Gasteiger partial charge on any atom is 0.541 e. The highest BCUT2D eigenvalue weighted by Gasteiger charge is 2.56. The topological polar surface area (TPSA) is 46.2 Å². The van der Waals surface area contributed by atoms with E-state index >= 15 is 0 Å². The largest absolute Gasteiger partial charge is 0.541 e. The van der Waals surface area contributed by atoms with Gasteiger partial charge in [0.2, 0.25) is 0 Å². The highest BCUT2D eigenvalue weighted by molar-refractivity contribution is 7.19. The highest BCUT2D eigenvalue weighted by Crippen LogP contribution is 2.20. The zero-order chi connectivity index (χ0) is 20.2. The first-order chi connectivity index (χ1) is 13.2. The van der Waals surface area contributed by atoms with E-state index in [1.54, 1.807) is 0 Å². The van der Waals surface area contributed by atoms with Gasteiger partial charge in [-0.25, -0.2) is 0 Å². The van der Waals surface area contributed by atoms with Crippen LogP contribution in [0.3, 0.4) is 0 Å². The van der Waals surface area contributed by atoms with E-state index < -0.39 is 17.1 Å². The van der Waals surface area contributed by atoms with Crippen molar-refractivity contribution in [3.05, 3.63) is 0 Å². The van der Waals surface area contributed by atoms with E-state index in [0.717, 1.165) is 64.2 Å². The minimum absolute atomic E-state index is 0.656. The number of hydrogen-bond donors (Lipinski definition) is 0. The molecule has 0 aliphatic heterocycles. The van der Waals surface area contributed by atoms with E-state index in [-0.39, 0.29) is 0 Å². The molecule has 5 nitrogen and oxygen atoms in total. The molecule has 27 heavy (non-hydrogen) atoms. The standard InChI is InChI=1S/C20H45O5Si2/c1-6-11-16-21-26(22-17-12-7-2)27(23-18-13-8-3,24-19-14-9-4)25-20-15-10-5/h6-20H2,1-5H3. The molecule has 0 aliphatic carbocycles. The van der Waals surface area contributed by atoms with Crippen molar-refractivity contribution in [3.8, 4) is 0 Å². The van der Waals surface area contributed by atoms with Crippen LogP contribution in [0.2, 0.25) is 0 Å². The molecule has 0 bridgehead atoms.